The first-order chi connectivity index (χ1) is 18.0. The highest BCUT2D eigenvalue weighted by Gasteiger charge is 2.36. The fraction of sp³-hybridized carbons (Fsp3) is 0.481. The first kappa shape index (κ1) is 30.4. The van der Waals surface area contributed by atoms with Crippen LogP contribution in [-0.2, 0) is 20.9 Å². The Kier molecular flexibility index (Phi) is 9.01. The van der Waals surface area contributed by atoms with Gasteiger partial charge in [-0.1, -0.05) is 18.2 Å². The number of carbonyl (C=O) groups excluding carboxylic acids is 2. The van der Waals surface area contributed by atoms with Gasteiger partial charge in [0.25, 0.3) is 5.91 Å². The summed E-state index contributed by atoms with van der Waals surface area (Å²) in [5, 5.41) is 2.26. The highest BCUT2D eigenvalue weighted by Crippen LogP contribution is 2.37. The van der Waals surface area contributed by atoms with Crippen LogP contribution in [0.2, 0.25) is 0 Å². The second kappa shape index (κ2) is 11.5. The first-order valence-electron chi connectivity index (χ1n) is 12.6. The van der Waals surface area contributed by atoms with Crippen molar-refractivity contribution in [3.05, 3.63) is 59.2 Å². The molecule has 0 radical (unpaired) electrons. The predicted octanol–water partition coefficient (Wildman–Crippen LogP) is 5.58. The molecule has 0 spiro atoms. The number of likely N-dealkylation sites (tertiary alicyclic amines) is 1. The van der Waals surface area contributed by atoms with E-state index in [1.165, 1.54) is 6.07 Å². The van der Waals surface area contributed by atoms with Gasteiger partial charge in [-0.2, -0.15) is 13.2 Å². The van der Waals surface area contributed by atoms with Crippen LogP contribution >= 0.6 is 0 Å². The third-order valence-electron chi connectivity index (χ3n) is 6.48. The zero-order valence-electron chi connectivity index (χ0n) is 22.6. The SMILES string of the molecule is Cc1ccccc1C(=O)Nc1ccc(S(=O)(=O)N[C@H](C)C2CCN(C(=O)OC(C)(C)C)CC2)cc1C(F)(F)F. The number of hydrogen-bond donors (Lipinski definition) is 2. The minimum Gasteiger partial charge on any atom is -0.444 e. The summed E-state index contributed by atoms with van der Waals surface area (Å²) in [4.78, 5) is 25.9. The molecule has 0 aliphatic carbocycles. The quantitative estimate of drug-likeness (QED) is 0.473. The van der Waals surface area contributed by atoms with Gasteiger partial charge in [-0.15, -0.1) is 0 Å². The van der Waals surface area contributed by atoms with Crippen molar-refractivity contribution in [2.24, 2.45) is 5.92 Å². The molecule has 12 heteroatoms. The highest BCUT2D eigenvalue weighted by atomic mass is 32.2. The summed E-state index contributed by atoms with van der Waals surface area (Å²) in [6, 6.07) is 8.34. The van der Waals surface area contributed by atoms with E-state index in [9.17, 15) is 31.2 Å². The molecule has 2 aromatic carbocycles. The maximum absolute atomic E-state index is 13.9. The van der Waals surface area contributed by atoms with E-state index in [0.29, 0.717) is 37.6 Å². The number of ether oxygens (including phenoxy) is 1. The fourth-order valence-electron chi connectivity index (χ4n) is 4.37. The van der Waals surface area contributed by atoms with Gasteiger partial charge < -0.3 is 15.0 Å². The fourth-order valence-corrected chi connectivity index (χ4v) is 5.71. The maximum Gasteiger partial charge on any atom is 0.418 e. The van der Waals surface area contributed by atoms with Gasteiger partial charge in [-0.05, 0) is 83.2 Å². The molecule has 1 atom stereocenters. The van der Waals surface area contributed by atoms with Crippen molar-refractivity contribution in [1.29, 1.82) is 0 Å². The van der Waals surface area contributed by atoms with Gasteiger partial charge in [0, 0.05) is 24.7 Å². The number of alkyl halides is 3. The molecule has 2 aromatic rings. The summed E-state index contributed by atoms with van der Waals surface area (Å²) in [6.45, 7) is 9.35. The number of carbonyl (C=O) groups is 2. The normalized spacial score (nSPS) is 16.1. The van der Waals surface area contributed by atoms with Crippen LogP contribution in [0, 0.1) is 12.8 Å². The van der Waals surface area contributed by atoms with Gasteiger partial charge in [0.05, 0.1) is 16.1 Å². The molecular formula is C27H34F3N3O5S. The Hall–Kier alpha value is -3.12. The monoisotopic (exact) mass is 569 g/mol. The molecule has 3 rings (SSSR count). The lowest BCUT2D eigenvalue weighted by Crippen LogP contribution is -2.46. The summed E-state index contributed by atoms with van der Waals surface area (Å²) in [6.07, 6.45) is -4.36. The van der Waals surface area contributed by atoms with E-state index >= 15 is 0 Å². The third kappa shape index (κ3) is 7.95. The molecule has 1 fully saturated rings. The smallest absolute Gasteiger partial charge is 0.418 e. The van der Waals surface area contributed by atoms with Crippen LogP contribution < -0.4 is 10.0 Å². The molecule has 214 valence electrons. The van der Waals surface area contributed by atoms with Gasteiger partial charge in [0.15, 0.2) is 0 Å². The van der Waals surface area contributed by atoms with Crippen LogP contribution in [0.4, 0.5) is 23.7 Å². The molecule has 2 amide bonds. The number of benzene rings is 2. The van der Waals surface area contributed by atoms with Crippen molar-refractivity contribution in [1.82, 2.24) is 9.62 Å². The highest BCUT2D eigenvalue weighted by molar-refractivity contribution is 7.89. The van der Waals surface area contributed by atoms with Crippen molar-refractivity contribution in [2.75, 3.05) is 18.4 Å². The Morgan fingerprint density at radius 2 is 1.67 bits per heavy atom. The number of nitrogens with zero attached hydrogens (tertiary/aromatic N) is 1. The number of piperidine rings is 1. The number of hydrogen-bond acceptors (Lipinski definition) is 5. The Balaban J connectivity index is 1.73. The van der Waals surface area contributed by atoms with Crippen LogP contribution in [-0.4, -0.2) is 50.1 Å². The van der Waals surface area contributed by atoms with Crippen molar-refractivity contribution >= 4 is 27.7 Å². The number of nitrogens with one attached hydrogen (secondary N) is 2. The topological polar surface area (TPSA) is 105 Å². The van der Waals surface area contributed by atoms with E-state index in [0.717, 1.165) is 12.1 Å². The van der Waals surface area contributed by atoms with Crippen LogP contribution in [0.5, 0.6) is 0 Å². The van der Waals surface area contributed by atoms with E-state index < -0.39 is 56.0 Å². The third-order valence-corrected chi connectivity index (χ3v) is 8.04. The molecular weight excluding hydrogens is 535 g/mol. The number of aryl methyl sites for hydroxylation is 1. The van der Waals surface area contributed by atoms with E-state index in [-0.39, 0.29) is 11.5 Å². The number of sulfonamides is 1. The van der Waals surface area contributed by atoms with Crippen LogP contribution in [0.3, 0.4) is 0 Å². The first-order valence-corrected chi connectivity index (χ1v) is 14.0. The van der Waals surface area contributed by atoms with Gasteiger partial charge >= 0.3 is 12.3 Å². The minimum absolute atomic E-state index is 0.131. The van der Waals surface area contributed by atoms with Crippen molar-refractivity contribution in [2.45, 2.75) is 70.2 Å². The molecule has 1 saturated heterocycles. The summed E-state index contributed by atoms with van der Waals surface area (Å²) in [5.74, 6) is -0.869. The zero-order valence-corrected chi connectivity index (χ0v) is 23.4. The Morgan fingerprint density at radius 3 is 2.23 bits per heavy atom. The summed E-state index contributed by atoms with van der Waals surface area (Å²) < 4.78 is 75.6. The van der Waals surface area contributed by atoms with E-state index in [2.05, 4.69) is 10.0 Å². The number of halogens is 3. The minimum atomic E-state index is -4.92. The largest absolute Gasteiger partial charge is 0.444 e. The number of rotatable bonds is 6. The van der Waals surface area contributed by atoms with Gasteiger partial charge in [0.2, 0.25) is 10.0 Å². The lowest BCUT2D eigenvalue weighted by atomic mass is 9.91. The van der Waals surface area contributed by atoms with Crippen molar-refractivity contribution in [3.63, 3.8) is 0 Å². The summed E-state index contributed by atoms with van der Waals surface area (Å²) in [5.41, 5.74) is -1.67. The van der Waals surface area contributed by atoms with Gasteiger partial charge in [-0.25, -0.2) is 17.9 Å². The second-order valence-corrected chi connectivity index (χ2v) is 12.4. The average molecular weight is 570 g/mol. The van der Waals surface area contributed by atoms with E-state index in [4.69, 9.17) is 4.74 Å². The molecule has 0 bridgehead atoms. The van der Waals surface area contributed by atoms with Crippen LogP contribution in [0.1, 0.15) is 62.0 Å². The molecule has 1 aliphatic heterocycles. The van der Waals surface area contributed by atoms with Crippen molar-refractivity contribution < 1.29 is 35.9 Å². The molecule has 0 aromatic heterocycles. The van der Waals surface area contributed by atoms with Crippen molar-refractivity contribution in [3.8, 4) is 0 Å². The van der Waals surface area contributed by atoms with Crippen LogP contribution in [0.15, 0.2) is 47.4 Å². The molecule has 8 nitrogen and oxygen atoms in total. The Bertz CT molecular complexity index is 1310. The number of amides is 2. The lowest BCUT2D eigenvalue weighted by molar-refractivity contribution is -0.137. The molecule has 2 N–H and O–H groups in total. The Labute approximate surface area is 227 Å². The maximum atomic E-state index is 13.9. The van der Waals surface area contributed by atoms with Gasteiger partial charge in [-0.3, -0.25) is 4.79 Å². The average Bonchev–Trinajstić information content (AvgIpc) is 2.82. The predicted molar refractivity (Wildman–Crippen MR) is 141 cm³/mol. The Morgan fingerprint density at radius 1 is 1.05 bits per heavy atom. The lowest BCUT2D eigenvalue weighted by Gasteiger charge is -2.35. The van der Waals surface area contributed by atoms with Crippen LogP contribution in [0.25, 0.3) is 0 Å². The van der Waals surface area contributed by atoms with Gasteiger partial charge in [0.1, 0.15) is 5.60 Å². The molecule has 1 heterocycles. The standard InChI is InChI=1S/C27H34F3N3O5S/c1-17-8-6-7-9-21(17)24(34)31-23-11-10-20(16-22(23)27(28,29)30)39(36,37)32-18(2)19-12-14-33(15-13-19)25(35)38-26(3,4)5/h6-11,16,18-19,32H,12-15H2,1-5H3,(H,31,34)/t18-/m1/s1. The number of anilines is 1. The van der Waals surface area contributed by atoms with E-state index in [1.807, 2.05) is 0 Å². The second-order valence-electron chi connectivity index (χ2n) is 10.7. The molecule has 1 aliphatic rings. The zero-order chi connectivity index (χ0) is 29.2. The van der Waals surface area contributed by atoms with E-state index in [1.54, 1.807) is 57.7 Å². The molecule has 39 heavy (non-hydrogen) atoms. The summed E-state index contributed by atoms with van der Waals surface area (Å²) >= 11 is 0. The summed E-state index contributed by atoms with van der Waals surface area (Å²) in [7, 11) is -4.32. The molecule has 0 saturated carbocycles. The molecule has 0 unspecified atom stereocenters.